The molecule has 2 atom stereocenters. The van der Waals surface area contributed by atoms with Crippen LogP contribution in [0.2, 0.25) is 0 Å². The Morgan fingerprint density at radius 1 is 1.37 bits per heavy atom. The lowest BCUT2D eigenvalue weighted by Crippen LogP contribution is -2.58. The van der Waals surface area contributed by atoms with Crippen LogP contribution in [0.25, 0.3) is 0 Å². The van der Waals surface area contributed by atoms with Gasteiger partial charge in [0.2, 0.25) is 5.91 Å². The van der Waals surface area contributed by atoms with E-state index in [0.717, 1.165) is 34.1 Å². The van der Waals surface area contributed by atoms with Crippen LogP contribution in [0.5, 0.6) is 5.75 Å². The number of nitrogens with two attached hydrogens (primary N) is 1. The smallest absolute Gasteiger partial charge is 0.489 e. The van der Waals surface area contributed by atoms with Gasteiger partial charge in [0.05, 0.1) is 18.4 Å². The summed E-state index contributed by atoms with van der Waals surface area (Å²) in [6, 6.07) is 5.19. The van der Waals surface area contributed by atoms with Gasteiger partial charge in [-0.15, -0.1) is 23.1 Å². The van der Waals surface area contributed by atoms with Gasteiger partial charge in [-0.25, -0.2) is 19.0 Å². The molecule has 1 aromatic carbocycles. The Labute approximate surface area is 222 Å². The number of anilines is 1. The third-order valence-corrected chi connectivity index (χ3v) is 7.21. The molecule has 0 aliphatic carbocycles. The summed E-state index contributed by atoms with van der Waals surface area (Å²) >= 11 is 2.11. The number of nitrogens with zero attached hydrogens (tertiary/aromatic N) is 3. The number of oxime groups is 1. The number of β-lactam (4-membered cyclic amide) rings is 1. The van der Waals surface area contributed by atoms with Gasteiger partial charge in [-0.2, -0.15) is 0 Å². The van der Waals surface area contributed by atoms with E-state index in [1.54, 1.807) is 6.92 Å². The van der Waals surface area contributed by atoms with Crippen molar-refractivity contribution in [3.8, 4) is 5.75 Å². The van der Waals surface area contributed by atoms with Crippen molar-refractivity contribution >= 4 is 57.9 Å². The van der Waals surface area contributed by atoms with Gasteiger partial charge in [0.25, 0.3) is 5.91 Å². The fourth-order valence-electron chi connectivity index (χ4n) is 3.52. The normalized spacial score (nSPS) is 18.8. The second kappa shape index (κ2) is 11.5. The van der Waals surface area contributed by atoms with Crippen LogP contribution in [-0.2, 0) is 24.0 Å². The number of carboxylic acids is 1. The third kappa shape index (κ3) is 5.86. The Morgan fingerprint density at radius 2 is 2.16 bits per heavy atom. The predicted molar refractivity (Wildman–Crippen MR) is 132 cm³/mol. The molecule has 0 radical (unpaired) electrons. The maximum Gasteiger partial charge on any atom is 0.535 e. The molecular formula is C22H20FN5O8S2. The van der Waals surface area contributed by atoms with E-state index in [2.05, 4.69) is 25.0 Å². The standard InChI is InChI=1S/C22H20FN5O8S2/c1-2-34-22(33)36-27-16(13-9-37-21(24)25-13)18(30)26-19-12(8-35-11-5-3-4-10(23)6-11)17(20(31)32)28-14(29)7-15(28)38-19/h3-6,9,15,19H,2,7-8H2,1H3,(H2,24,25)(H,26,30)(H,31,32)/b27-16-/t15-,19?/m1/s1. The van der Waals surface area contributed by atoms with Gasteiger partial charge in [0.15, 0.2) is 10.8 Å². The van der Waals surface area contributed by atoms with E-state index in [4.69, 9.17) is 10.5 Å². The number of thioether (sulfide) groups is 1. The van der Waals surface area contributed by atoms with Gasteiger partial charge < -0.3 is 25.6 Å². The Kier molecular flexibility index (Phi) is 8.11. The number of fused-ring (bicyclic) bond motifs is 1. The average molecular weight is 566 g/mol. The van der Waals surface area contributed by atoms with E-state index in [9.17, 15) is 28.7 Å². The van der Waals surface area contributed by atoms with E-state index < -0.39 is 52.8 Å². The predicted octanol–water partition coefficient (Wildman–Crippen LogP) is 1.91. The van der Waals surface area contributed by atoms with Crippen molar-refractivity contribution in [1.82, 2.24) is 15.2 Å². The van der Waals surface area contributed by atoms with E-state index in [1.807, 2.05) is 0 Å². The molecular weight excluding hydrogens is 545 g/mol. The van der Waals surface area contributed by atoms with Crippen molar-refractivity contribution < 1.29 is 43.0 Å². The summed E-state index contributed by atoms with van der Waals surface area (Å²) in [5, 5.41) is 16.1. The molecule has 0 spiro atoms. The van der Waals surface area contributed by atoms with Crippen molar-refractivity contribution in [3.05, 3.63) is 52.4 Å². The van der Waals surface area contributed by atoms with Crippen LogP contribution in [0.3, 0.4) is 0 Å². The first-order valence-corrected chi connectivity index (χ1v) is 12.8. The van der Waals surface area contributed by atoms with Gasteiger partial charge in [0, 0.05) is 17.0 Å². The van der Waals surface area contributed by atoms with E-state index in [-0.39, 0.29) is 40.9 Å². The number of hydrogen-bond acceptors (Lipinski definition) is 12. The number of rotatable bonds is 9. The highest BCUT2D eigenvalue weighted by Gasteiger charge is 2.49. The summed E-state index contributed by atoms with van der Waals surface area (Å²) in [7, 11) is 0. The van der Waals surface area contributed by atoms with Crippen molar-refractivity contribution in [2.75, 3.05) is 18.9 Å². The number of halogens is 1. The first kappa shape index (κ1) is 26.9. The van der Waals surface area contributed by atoms with Crippen LogP contribution in [0, 0.1) is 5.82 Å². The summed E-state index contributed by atoms with van der Waals surface area (Å²) in [6.45, 7) is 1.16. The molecule has 0 bridgehead atoms. The molecule has 0 saturated carbocycles. The molecule has 1 saturated heterocycles. The molecule has 2 aromatic rings. The Bertz CT molecular complexity index is 1350. The lowest BCUT2D eigenvalue weighted by atomic mass is 10.1. The quantitative estimate of drug-likeness (QED) is 0.133. The van der Waals surface area contributed by atoms with Crippen molar-refractivity contribution in [1.29, 1.82) is 0 Å². The number of aliphatic carboxylic acids is 1. The number of carbonyl (C=O) groups excluding carboxylic acids is 3. The largest absolute Gasteiger partial charge is 0.535 e. The molecule has 1 aromatic heterocycles. The van der Waals surface area contributed by atoms with E-state index >= 15 is 0 Å². The maximum absolute atomic E-state index is 13.6. The highest BCUT2D eigenvalue weighted by atomic mass is 32.2. The van der Waals surface area contributed by atoms with E-state index in [1.165, 1.54) is 23.6 Å². The fraction of sp³-hybridized carbons (Fsp3) is 0.273. The minimum Gasteiger partial charge on any atom is -0.489 e. The Morgan fingerprint density at radius 3 is 2.79 bits per heavy atom. The van der Waals surface area contributed by atoms with Gasteiger partial charge in [0.1, 0.15) is 34.9 Å². The van der Waals surface area contributed by atoms with Crippen LogP contribution in [-0.4, -0.2) is 68.6 Å². The minimum absolute atomic E-state index is 0.00412. The number of carbonyl (C=O) groups is 4. The van der Waals surface area contributed by atoms with Crippen LogP contribution >= 0.6 is 23.1 Å². The molecule has 2 amide bonds. The molecule has 3 heterocycles. The highest BCUT2D eigenvalue weighted by molar-refractivity contribution is 8.00. The monoisotopic (exact) mass is 565 g/mol. The lowest BCUT2D eigenvalue weighted by molar-refractivity contribution is -0.146. The molecule has 2 aliphatic heterocycles. The zero-order chi connectivity index (χ0) is 27.4. The Balaban J connectivity index is 1.65. The topological polar surface area (TPSA) is 183 Å². The van der Waals surface area contributed by atoms with Gasteiger partial charge in [-0.1, -0.05) is 11.2 Å². The van der Waals surface area contributed by atoms with Crippen molar-refractivity contribution in [3.63, 3.8) is 0 Å². The number of hydrogen-bond donors (Lipinski definition) is 3. The van der Waals surface area contributed by atoms with Crippen molar-refractivity contribution in [2.45, 2.75) is 24.1 Å². The number of carboxylic acid groups (broad SMARTS) is 1. The SMILES string of the molecule is CCOC(=O)O/N=C(\C(=O)NC1S[C@@H]2CC(=O)N2C(C(=O)O)=C1COc1cccc(F)c1)c1csc(N)n1. The number of aromatic nitrogens is 1. The molecule has 200 valence electrons. The fourth-order valence-corrected chi connectivity index (χ4v) is 5.49. The van der Waals surface area contributed by atoms with Crippen molar-refractivity contribution in [2.24, 2.45) is 5.16 Å². The van der Waals surface area contributed by atoms with Crippen LogP contribution < -0.4 is 15.8 Å². The van der Waals surface area contributed by atoms with Gasteiger partial charge in [-0.3, -0.25) is 19.3 Å². The molecule has 1 unspecified atom stereocenters. The third-order valence-electron chi connectivity index (χ3n) is 5.17. The van der Waals surface area contributed by atoms with Crippen LogP contribution in [0.15, 0.2) is 46.1 Å². The lowest BCUT2D eigenvalue weighted by Gasteiger charge is -2.46. The zero-order valence-corrected chi connectivity index (χ0v) is 21.2. The molecule has 13 nitrogen and oxygen atoms in total. The molecule has 16 heteroatoms. The summed E-state index contributed by atoms with van der Waals surface area (Å²) in [4.78, 5) is 59.1. The van der Waals surface area contributed by atoms with Crippen LogP contribution in [0.1, 0.15) is 19.0 Å². The minimum atomic E-state index is -1.41. The van der Waals surface area contributed by atoms with Crippen LogP contribution in [0.4, 0.5) is 14.3 Å². The Hall–Kier alpha value is -4.18. The summed E-state index contributed by atoms with van der Waals surface area (Å²) in [5.41, 5.74) is 4.91. The summed E-state index contributed by atoms with van der Waals surface area (Å²) in [6.07, 6.45) is -1.10. The molecule has 38 heavy (non-hydrogen) atoms. The number of nitrogens with one attached hydrogen (secondary N) is 1. The second-order valence-corrected chi connectivity index (χ2v) is 9.80. The number of thiazole rings is 1. The summed E-state index contributed by atoms with van der Waals surface area (Å²) < 4.78 is 23.9. The average Bonchev–Trinajstić information content (AvgIpc) is 3.28. The van der Waals surface area contributed by atoms with E-state index in [0.29, 0.717) is 0 Å². The van der Waals surface area contributed by atoms with Gasteiger partial charge >= 0.3 is 12.1 Å². The van der Waals surface area contributed by atoms with Gasteiger partial charge in [-0.05, 0) is 19.1 Å². The first-order chi connectivity index (χ1) is 18.2. The first-order valence-electron chi connectivity index (χ1n) is 10.9. The molecule has 2 aliphatic rings. The number of nitrogen functional groups attached to an aromatic ring is 1. The summed E-state index contributed by atoms with van der Waals surface area (Å²) in [5.74, 6) is -3.16. The number of ether oxygens (including phenoxy) is 2. The zero-order valence-electron chi connectivity index (χ0n) is 19.6. The molecule has 4 rings (SSSR count). The molecule has 4 N–H and O–H groups in total. The maximum atomic E-state index is 13.6. The highest BCUT2D eigenvalue weighted by Crippen LogP contribution is 2.43. The second-order valence-electron chi connectivity index (χ2n) is 7.62. The number of amides is 2. The number of benzene rings is 1. The molecule has 1 fully saturated rings.